The molecule has 3 N–H and O–H groups in total. The Morgan fingerprint density at radius 1 is 1.06 bits per heavy atom. The summed E-state index contributed by atoms with van der Waals surface area (Å²) in [5.41, 5.74) is 1.42. The minimum Gasteiger partial charge on any atom is -0.386 e. The zero-order valence-electron chi connectivity index (χ0n) is 16.7. The van der Waals surface area contributed by atoms with Crippen LogP contribution < -0.4 is 10.0 Å². The summed E-state index contributed by atoms with van der Waals surface area (Å²) >= 11 is 0. The van der Waals surface area contributed by atoms with Crippen LogP contribution in [-0.2, 0) is 21.4 Å². The number of aliphatic hydroxyl groups is 1. The highest BCUT2D eigenvalue weighted by Crippen LogP contribution is 2.24. The molecule has 33 heavy (non-hydrogen) atoms. The molecule has 14 heteroatoms. The Morgan fingerprint density at radius 2 is 1.67 bits per heavy atom. The van der Waals surface area contributed by atoms with Crippen LogP contribution in [0.25, 0.3) is 11.1 Å². The lowest BCUT2D eigenvalue weighted by Gasteiger charge is -2.22. The SMILES string of the molecule is O=C(N[C@H](CF)[C@H](O)c1ccc(-c2ccc(CNS(=O)(=O)CC(F)(F)F)nc2)cc1)C(F)F. The van der Waals surface area contributed by atoms with Crippen molar-refractivity contribution in [2.45, 2.75) is 31.3 Å². The first-order valence-electron chi connectivity index (χ1n) is 9.23. The van der Waals surface area contributed by atoms with Crippen LogP contribution in [-0.4, -0.2) is 55.5 Å². The number of hydrogen-bond donors (Lipinski definition) is 3. The summed E-state index contributed by atoms with van der Waals surface area (Å²) in [6, 6.07) is 7.13. The minimum absolute atomic E-state index is 0.152. The third kappa shape index (κ3) is 8.29. The molecule has 0 aliphatic heterocycles. The van der Waals surface area contributed by atoms with Gasteiger partial charge in [0.05, 0.1) is 18.3 Å². The van der Waals surface area contributed by atoms with Crippen LogP contribution in [0.1, 0.15) is 17.4 Å². The Labute approximate surface area is 184 Å². The standard InChI is InChI=1S/C19H19F6N3O4S/c20-7-15(28-18(30)17(21)22)16(29)12-3-1-11(2-4-12)13-5-6-14(26-8-13)9-27-33(31,32)10-19(23,24)25/h1-6,8,15-17,27,29H,7,9-10H2,(H,28,30)/t15-,16-/m1/s1. The van der Waals surface area contributed by atoms with Gasteiger partial charge < -0.3 is 10.4 Å². The van der Waals surface area contributed by atoms with Crippen LogP contribution >= 0.6 is 0 Å². The maximum Gasteiger partial charge on any atom is 0.404 e. The van der Waals surface area contributed by atoms with Crippen LogP contribution in [0.4, 0.5) is 26.3 Å². The van der Waals surface area contributed by atoms with E-state index in [0.717, 1.165) is 0 Å². The fraction of sp³-hybridized carbons (Fsp3) is 0.368. The second-order valence-electron chi connectivity index (χ2n) is 6.87. The lowest BCUT2D eigenvalue weighted by molar-refractivity contribution is -0.133. The van der Waals surface area contributed by atoms with Crippen LogP contribution in [0.3, 0.4) is 0 Å². The second kappa shape index (κ2) is 10.9. The predicted molar refractivity (Wildman–Crippen MR) is 105 cm³/mol. The molecule has 0 saturated heterocycles. The number of sulfonamides is 1. The van der Waals surface area contributed by atoms with E-state index in [1.165, 1.54) is 42.6 Å². The summed E-state index contributed by atoms with van der Waals surface area (Å²) in [5, 5.41) is 11.9. The van der Waals surface area contributed by atoms with Crippen molar-refractivity contribution in [2.75, 3.05) is 12.4 Å². The van der Waals surface area contributed by atoms with Gasteiger partial charge in [0.2, 0.25) is 10.0 Å². The average Bonchev–Trinajstić information content (AvgIpc) is 2.74. The number of nitrogens with zero attached hydrogens (tertiary/aromatic N) is 1. The third-order valence-corrected chi connectivity index (χ3v) is 5.60. The van der Waals surface area contributed by atoms with E-state index in [2.05, 4.69) is 4.98 Å². The smallest absolute Gasteiger partial charge is 0.386 e. The van der Waals surface area contributed by atoms with E-state index in [0.29, 0.717) is 11.1 Å². The number of benzene rings is 1. The lowest BCUT2D eigenvalue weighted by Crippen LogP contribution is -2.43. The predicted octanol–water partition coefficient (Wildman–Crippen LogP) is 2.48. The third-order valence-electron chi connectivity index (χ3n) is 4.31. The first-order chi connectivity index (χ1) is 15.3. The topological polar surface area (TPSA) is 108 Å². The molecule has 2 aromatic rings. The van der Waals surface area contributed by atoms with Gasteiger partial charge in [-0.3, -0.25) is 9.78 Å². The molecule has 0 radical (unpaired) electrons. The van der Waals surface area contributed by atoms with Gasteiger partial charge in [0.1, 0.15) is 12.8 Å². The number of rotatable bonds is 10. The molecule has 0 spiro atoms. The number of pyridine rings is 1. The fourth-order valence-corrected chi connectivity index (χ4v) is 3.60. The quantitative estimate of drug-likeness (QED) is 0.436. The van der Waals surface area contributed by atoms with Crippen molar-refractivity contribution in [3.8, 4) is 11.1 Å². The Bertz CT molecular complexity index is 1030. The van der Waals surface area contributed by atoms with Crippen molar-refractivity contribution in [3.05, 3.63) is 53.9 Å². The first-order valence-corrected chi connectivity index (χ1v) is 10.9. The number of halogens is 6. The van der Waals surface area contributed by atoms with Gasteiger partial charge in [-0.2, -0.15) is 22.0 Å². The maximum absolute atomic E-state index is 13.1. The van der Waals surface area contributed by atoms with Gasteiger partial charge in [-0.1, -0.05) is 30.3 Å². The van der Waals surface area contributed by atoms with Gasteiger partial charge in [-0.15, -0.1) is 0 Å². The van der Waals surface area contributed by atoms with Gasteiger partial charge in [0, 0.05) is 11.8 Å². The summed E-state index contributed by atoms with van der Waals surface area (Å²) in [6.45, 7) is -1.72. The number of aromatic nitrogens is 1. The Hall–Kier alpha value is -2.71. The highest BCUT2D eigenvalue weighted by atomic mass is 32.2. The summed E-state index contributed by atoms with van der Waals surface area (Å²) < 4.78 is 99.0. The average molecular weight is 499 g/mol. The molecule has 0 fully saturated rings. The molecular formula is C19H19F6N3O4S. The number of hydrogen-bond acceptors (Lipinski definition) is 5. The van der Waals surface area contributed by atoms with Gasteiger partial charge in [0.25, 0.3) is 5.91 Å². The Kier molecular flexibility index (Phi) is 8.80. The molecule has 0 saturated carbocycles. The van der Waals surface area contributed by atoms with Crippen LogP contribution in [0.2, 0.25) is 0 Å². The van der Waals surface area contributed by atoms with E-state index in [1.54, 1.807) is 10.0 Å². The molecule has 2 atom stereocenters. The summed E-state index contributed by atoms with van der Waals surface area (Å²) in [7, 11) is -4.57. The van der Waals surface area contributed by atoms with E-state index in [1.807, 2.05) is 0 Å². The fourth-order valence-electron chi connectivity index (χ4n) is 2.70. The molecule has 1 aromatic carbocycles. The van der Waals surface area contributed by atoms with E-state index in [4.69, 9.17) is 0 Å². The minimum atomic E-state index is -4.87. The number of aliphatic hydroxyl groups excluding tert-OH is 1. The molecule has 7 nitrogen and oxygen atoms in total. The van der Waals surface area contributed by atoms with Gasteiger partial charge in [0.15, 0.2) is 5.75 Å². The van der Waals surface area contributed by atoms with Crippen molar-refractivity contribution in [3.63, 3.8) is 0 Å². The molecule has 1 aromatic heterocycles. The highest BCUT2D eigenvalue weighted by molar-refractivity contribution is 7.89. The Balaban J connectivity index is 2.04. The van der Waals surface area contributed by atoms with Crippen molar-refractivity contribution < 1.29 is 44.7 Å². The van der Waals surface area contributed by atoms with Crippen LogP contribution in [0, 0.1) is 0 Å². The number of carbonyl (C=O) groups is 1. The number of amides is 1. The highest BCUT2D eigenvalue weighted by Gasteiger charge is 2.35. The van der Waals surface area contributed by atoms with Crippen molar-refractivity contribution in [1.29, 1.82) is 0 Å². The molecule has 0 aliphatic carbocycles. The largest absolute Gasteiger partial charge is 0.404 e. The summed E-state index contributed by atoms with van der Waals surface area (Å²) in [5.74, 6) is -3.72. The van der Waals surface area contributed by atoms with Gasteiger partial charge >= 0.3 is 12.6 Å². The molecule has 182 valence electrons. The first kappa shape index (κ1) is 26.5. The molecule has 0 bridgehead atoms. The lowest BCUT2D eigenvalue weighted by atomic mass is 9.99. The van der Waals surface area contributed by atoms with E-state index >= 15 is 0 Å². The second-order valence-corrected chi connectivity index (χ2v) is 8.68. The maximum atomic E-state index is 13.1. The van der Waals surface area contributed by atoms with Gasteiger partial charge in [-0.05, 0) is 17.2 Å². The molecule has 0 unspecified atom stereocenters. The number of nitrogens with one attached hydrogen (secondary N) is 2. The zero-order chi connectivity index (χ0) is 24.8. The number of carbonyl (C=O) groups excluding carboxylic acids is 1. The monoisotopic (exact) mass is 499 g/mol. The van der Waals surface area contributed by atoms with E-state index in [9.17, 15) is 44.7 Å². The van der Waals surface area contributed by atoms with E-state index < -0.39 is 59.7 Å². The van der Waals surface area contributed by atoms with Crippen molar-refractivity contribution >= 4 is 15.9 Å². The Morgan fingerprint density at radius 3 is 2.15 bits per heavy atom. The van der Waals surface area contributed by atoms with Crippen LogP contribution in [0.15, 0.2) is 42.6 Å². The summed E-state index contributed by atoms with van der Waals surface area (Å²) in [4.78, 5) is 15.0. The van der Waals surface area contributed by atoms with Crippen molar-refractivity contribution in [2.24, 2.45) is 0 Å². The molecule has 2 rings (SSSR count). The van der Waals surface area contributed by atoms with Crippen molar-refractivity contribution in [1.82, 2.24) is 15.0 Å². The molecule has 1 amide bonds. The zero-order valence-corrected chi connectivity index (χ0v) is 17.5. The molecule has 1 heterocycles. The van der Waals surface area contributed by atoms with Gasteiger partial charge in [-0.25, -0.2) is 17.5 Å². The van der Waals surface area contributed by atoms with Crippen LogP contribution in [0.5, 0.6) is 0 Å². The molecular weight excluding hydrogens is 480 g/mol. The molecule has 0 aliphatic rings. The summed E-state index contributed by atoms with van der Waals surface area (Å²) in [6.07, 6.45) is -8.48. The number of alkyl halides is 6. The normalized spacial score (nSPS) is 14.2. The van der Waals surface area contributed by atoms with E-state index in [-0.39, 0.29) is 11.3 Å².